The van der Waals surface area contributed by atoms with Crippen molar-refractivity contribution in [2.45, 2.75) is 123 Å². The molecule has 0 bridgehead atoms. The van der Waals surface area contributed by atoms with E-state index in [0.717, 1.165) is 12.8 Å². The summed E-state index contributed by atoms with van der Waals surface area (Å²) in [6.45, 7) is -0.823. The van der Waals surface area contributed by atoms with Gasteiger partial charge in [-0.3, -0.25) is 0 Å². The number of hydrogen-bond donors (Lipinski definition) is 14. The Labute approximate surface area is 255 Å². The number of nitrogens with two attached hydrogens (primary N) is 3. The Morgan fingerprint density at radius 2 is 1.30 bits per heavy atom. The van der Waals surface area contributed by atoms with Gasteiger partial charge in [0.2, 0.25) is 0 Å². The summed E-state index contributed by atoms with van der Waals surface area (Å²) in [6.07, 6.45) is -15.4. The molecule has 44 heavy (non-hydrogen) atoms. The highest BCUT2D eigenvalue weighted by Crippen LogP contribution is 2.32. The first-order chi connectivity index (χ1) is 20.9. The Morgan fingerprint density at radius 3 is 1.91 bits per heavy atom. The van der Waals surface area contributed by atoms with Crippen LogP contribution in [0.15, 0.2) is 0 Å². The zero-order chi connectivity index (χ0) is 32.3. The van der Waals surface area contributed by atoms with Crippen LogP contribution in [0.5, 0.6) is 0 Å². The summed E-state index contributed by atoms with van der Waals surface area (Å²) in [6, 6.07) is -3.71. The number of aliphatic hydroxyl groups excluding tert-OH is 9. The van der Waals surface area contributed by atoms with Crippen LogP contribution in [0, 0.1) is 5.92 Å². The quantitative estimate of drug-likeness (QED) is 0.0887. The normalized spacial score (nSPS) is 48.3. The second kappa shape index (κ2) is 15.9. The fourth-order valence-electron chi connectivity index (χ4n) is 6.34. The van der Waals surface area contributed by atoms with Crippen molar-refractivity contribution in [2.75, 3.05) is 32.9 Å². The van der Waals surface area contributed by atoms with E-state index < -0.39 is 118 Å². The first-order valence-electron chi connectivity index (χ1n) is 15.2. The molecule has 0 radical (unpaired) electrons. The minimum absolute atomic E-state index is 0.0202. The summed E-state index contributed by atoms with van der Waals surface area (Å²) in [4.78, 5) is 0. The number of ether oxygens (including phenoxy) is 4. The van der Waals surface area contributed by atoms with Crippen LogP contribution in [-0.2, 0) is 18.9 Å². The molecule has 4 aliphatic rings. The lowest BCUT2D eigenvalue weighted by Crippen LogP contribution is -2.69. The molecule has 4 fully saturated rings. The topological polar surface area (TPSA) is 321 Å². The molecular formula is C26H51N5O13. The van der Waals surface area contributed by atoms with E-state index in [0.29, 0.717) is 12.5 Å². The maximum absolute atomic E-state index is 11.5. The third-order valence-electron chi connectivity index (χ3n) is 9.15. The Morgan fingerprint density at radius 1 is 0.682 bits per heavy atom. The maximum atomic E-state index is 11.5. The van der Waals surface area contributed by atoms with Gasteiger partial charge < -0.3 is 92.7 Å². The van der Waals surface area contributed by atoms with Crippen LogP contribution in [0.4, 0.5) is 0 Å². The SMILES string of the molecule is NC1CC(CNC[C@H]2O[C@H](OC3[C@@H](N)C[C@@H](NC(CO)CO)[C@H](O[C@H]4O[C@H](CO)[C@@H](O)[C@H](N)[C@H]4O)[C@H]3O)[C@H](O)[C@@H](O)[C@@H]2O)C1. The second-order valence-electron chi connectivity index (χ2n) is 12.5. The zero-order valence-corrected chi connectivity index (χ0v) is 24.4. The summed E-state index contributed by atoms with van der Waals surface area (Å²) >= 11 is 0. The molecule has 2 saturated heterocycles. The Balaban J connectivity index is 1.48. The summed E-state index contributed by atoms with van der Waals surface area (Å²) in [7, 11) is 0. The van der Waals surface area contributed by atoms with Gasteiger partial charge in [-0.25, -0.2) is 0 Å². The molecule has 15 atom stereocenters. The fraction of sp³-hybridized carbons (Fsp3) is 1.00. The molecule has 0 aromatic rings. The first kappa shape index (κ1) is 36.1. The molecule has 1 unspecified atom stereocenters. The van der Waals surface area contributed by atoms with Crippen molar-refractivity contribution in [3.8, 4) is 0 Å². The van der Waals surface area contributed by atoms with Gasteiger partial charge >= 0.3 is 0 Å². The summed E-state index contributed by atoms with van der Waals surface area (Å²) in [5.74, 6) is 0.385. The van der Waals surface area contributed by atoms with E-state index in [4.69, 9.17) is 36.1 Å². The zero-order valence-electron chi connectivity index (χ0n) is 24.4. The van der Waals surface area contributed by atoms with Crippen molar-refractivity contribution in [2.24, 2.45) is 23.1 Å². The molecule has 18 nitrogen and oxygen atoms in total. The lowest BCUT2D eigenvalue weighted by molar-refractivity contribution is -0.333. The van der Waals surface area contributed by atoms with E-state index in [9.17, 15) is 46.0 Å². The second-order valence-corrected chi connectivity index (χ2v) is 12.5. The Kier molecular flexibility index (Phi) is 13.1. The first-order valence-corrected chi connectivity index (χ1v) is 15.2. The van der Waals surface area contributed by atoms with Crippen LogP contribution >= 0.6 is 0 Å². The van der Waals surface area contributed by atoms with Crippen LogP contribution in [0.3, 0.4) is 0 Å². The summed E-state index contributed by atoms with van der Waals surface area (Å²) in [5, 5.41) is 99.2. The van der Waals surface area contributed by atoms with Gasteiger partial charge in [0.15, 0.2) is 12.6 Å². The molecule has 258 valence electrons. The molecule has 18 heteroatoms. The molecule has 0 spiro atoms. The van der Waals surface area contributed by atoms with Crippen molar-refractivity contribution in [3.05, 3.63) is 0 Å². The maximum Gasteiger partial charge on any atom is 0.187 e. The molecule has 2 saturated carbocycles. The third-order valence-corrected chi connectivity index (χ3v) is 9.15. The van der Waals surface area contributed by atoms with Crippen LogP contribution in [0.1, 0.15) is 19.3 Å². The van der Waals surface area contributed by atoms with Crippen molar-refractivity contribution >= 4 is 0 Å². The van der Waals surface area contributed by atoms with Crippen LogP contribution in [-0.4, -0.2) is 183 Å². The molecule has 0 amide bonds. The predicted octanol–water partition coefficient (Wildman–Crippen LogP) is -7.94. The number of hydrogen-bond acceptors (Lipinski definition) is 18. The Hall–Kier alpha value is -0.720. The third kappa shape index (κ3) is 8.04. The van der Waals surface area contributed by atoms with E-state index in [-0.39, 0.29) is 19.0 Å². The number of rotatable bonds is 13. The standard InChI is InChI=1S/C26H51N5O13/c27-10-1-9(2-10)4-30-5-14-18(36)20(38)21(39)26(41-14)43-23-12(28)3-13(31-11(6-32)7-33)24(22(23)40)44-25-19(37)16(29)17(35)15(8-34)42-25/h9-26,30-40H,1-8,27-29H2/t9?,10?,12-,13+,14+,15+,16-,17+,18+,19+,20-,21+,22-,23?,24-,25+,26+/m0/s1. The van der Waals surface area contributed by atoms with E-state index in [2.05, 4.69) is 10.6 Å². The van der Waals surface area contributed by atoms with E-state index in [1.807, 2.05) is 0 Å². The van der Waals surface area contributed by atoms with Gasteiger partial charge in [0.05, 0.1) is 31.9 Å². The molecule has 17 N–H and O–H groups in total. The predicted molar refractivity (Wildman–Crippen MR) is 149 cm³/mol. The number of nitrogens with one attached hydrogen (secondary N) is 2. The van der Waals surface area contributed by atoms with Crippen molar-refractivity contribution in [3.63, 3.8) is 0 Å². The van der Waals surface area contributed by atoms with E-state index >= 15 is 0 Å². The molecule has 2 aliphatic carbocycles. The van der Waals surface area contributed by atoms with E-state index in [1.165, 1.54) is 0 Å². The molecule has 4 rings (SSSR count). The van der Waals surface area contributed by atoms with Crippen molar-refractivity contribution in [1.82, 2.24) is 10.6 Å². The van der Waals surface area contributed by atoms with Crippen LogP contribution < -0.4 is 27.8 Å². The highest BCUT2D eigenvalue weighted by molar-refractivity contribution is 5.03. The number of aliphatic hydroxyl groups is 9. The van der Waals surface area contributed by atoms with Gasteiger partial charge in [-0.2, -0.15) is 0 Å². The summed E-state index contributed by atoms with van der Waals surface area (Å²) in [5.41, 5.74) is 18.1. The highest BCUT2D eigenvalue weighted by atomic mass is 16.7. The van der Waals surface area contributed by atoms with Gasteiger partial charge in [-0.05, 0) is 31.7 Å². The molecule has 2 aliphatic heterocycles. The average molecular weight is 642 g/mol. The van der Waals surface area contributed by atoms with Gasteiger partial charge in [0, 0.05) is 24.7 Å². The van der Waals surface area contributed by atoms with Crippen molar-refractivity contribution < 1.29 is 64.9 Å². The summed E-state index contributed by atoms with van der Waals surface area (Å²) < 4.78 is 23.3. The highest BCUT2D eigenvalue weighted by Gasteiger charge is 2.52. The minimum Gasteiger partial charge on any atom is -0.395 e. The molecule has 0 aromatic heterocycles. The molecular weight excluding hydrogens is 590 g/mol. The average Bonchev–Trinajstić information content (AvgIpc) is 2.99. The lowest BCUT2D eigenvalue weighted by Gasteiger charge is -2.49. The largest absolute Gasteiger partial charge is 0.395 e. The molecule has 2 heterocycles. The smallest absolute Gasteiger partial charge is 0.187 e. The van der Waals surface area contributed by atoms with Gasteiger partial charge in [0.1, 0.15) is 61.0 Å². The van der Waals surface area contributed by atoms with Gasteiger partial charge in [-0.15, -0.1) is 0 Å². The van der Waals surface area contributed by atoms with Gasteiger partial charge in [-0.1, -0.05) is 0 Å². The van der Waals surface area contributed by atoms with Gasteiger partial charge in [0.25, 0.3) is 0 Å². The van der Waals surface area contributed by atoms with Crippen LogP contribution in [0.2, 0.25) is 0 Å². The van der Waals surface area contributed by atoms with E-state index in [1.54, 1.807) is 0 Å². The van der Waals surface area contributed by atoms with Crippen molar-refractivity contribution in [1.29, 1.82) is 0 Å². The lowest BCUT2D eigenvalue weighted by atomic mass is 9.81. The fourth-order valence-corrected chi connectivity index (χ4v) is 6.34. The minimum atomic E-state index is -1.71. The monoisotopic (exact) mass is 641 g/mol. The van der Waals surface area contributed by atoms with Crippen LogP contribution in [0.25, 0.3) is 0 Å². The molecule has 0 aromatic carbocycles. The Bertz CT molecular complexity index is 874.